The Labute approximate surface area is 117 Å². The van der Waals surface area contributed by atoms with Crippen LogP contribution in [0.15, 0.2) is 18.2 Å². The van der Waals surface area contributed by atoms with Crippen molar-refractivity contribution in [3.05, 3.63) is 29.3 Å². The number of nitrogens with one attached hydrogen (secondary N) is 1. The van der Waals surface area contributed by atoms with E-state index < -0.39 is 0 Å². The van der Waals surface area contributed by atoms with Gasteiger partial charge >= 0.3 is 0 Å². The molecular weight excluding hydrogens is 234 g/mol. The summed E-state index contributed by atoms with van der Waals surface area (Å²) in [4.78, 5) is 0. The van der Waals surface area contributed by atoms with Crippen LogP contribution >= 0.6 is 0 Å². The molecule has 0 saturated heterocycles. The molecule has 2 nitrogen and oxygen atoms in total. The largest absolute Gasteiger partial charge is 0.487 e. The third kappa shape index (κ3) is 3.50. The van der Waals surface area contributed by atoms with Gasteiger partial charge in [0.1, 0.15) is 11.4 Å². The molecule has 19 heavy (non-hydrogen) atoms. The van der Waals surface area contributed by atoms with Crippen molar-refractivity contribution in [3.63, 3.8) is 0 Å². The Morgan fingerprint density at radius 3 is 2.79 bits per heavy atom. The monoisotopic (exact) mass is 261 g/mol. The van der Waals surface area contributed by atoms with Gasteiger partial charge in [0.15, 0.2) is 0 Å². The van der Waals surface area contributed by atoms with E-state index in [1.165, 1.54) is 30.4 Å². The molecule has 1 aliphatic heterocycles. The van der Waals surface area contributed by atoms with Crippen LogP contribution in [0.2, 0.25) is 0 Å². The van der Waals surface area contributed by atoms with Gasteiger partial charge in [-0.1, -0.05) is 32.4 Å². The third-order valence-electron chi connectivity index (χ3n) is 3.80. The zero-order valence-electron chi connectivity index (χ0n) is 12.8. The quantitative estimate of drug-likeness (QED) is 0.856. The first-order valence-electron chi connectivity index (χ1n) is 7.61. The average Bonchev–Trinajstić information content (AvgIpc) is 2.36. The lowest BCUT2D eigenvalue weighted by Crippen LogP contribution is -2.39. The van der Waals surface area contributed by atoms with E-state index in [9.17, 15) is 0 Å². The van der Waals surface area contributed by atoms with Crippen molar-refractivity contribution in [1.82, 2.24) is 5.32 Å². The maximum atomic E-state index is 6.12. The third-order valence-corrected chi connectivity index (χ3v) is 3.80. The summed E-state index contributed by atoms with van der Waals surface area (Å²) in [6, 6.07) is 7.14. The van der Waals surface area contributed by atoms with E-state index in [1.54, 1.807) is 0 Å². The van der Waals surface area contributed by atoms with E-state index in [0.717, 1.165) is 18.7 Å². The number of fused-ring (bicyclic) bond motifs is 1. The molecule has 1 unspecified atom stereocenters. The van der Waals surface area contributed by atoms with Crippen LogP contribution in [-0.4, -0.2) is 12.1 Å². The lowest BCUT2D eigenvalue weighted by molar-refractivity contribution is 0.0664. The summed E-state index contributed by atoms with van der Waals surface area (Å²) in [6.07, 6.45) is 4.71. The summed E-state index contributed by atoms with van der Waals surface area (Å²) >= 11 is 0. The van der Waals surface area contributed by atoms with Crippen molar-refractivity contribution in [1.29, 1.82) is 0 Å². The highest BCUT2D eigenvalue weighted by Gasteiger charge is 2.33. The summed E-state index contributed by atoms with van der Waals surface area (Å²) < 4.78 is 6.12. The van der Waals surface area contributed by atoms with Crippen molar-refractivity contribution < 1.29 is 4.74 Å². The zero-order chi connectivity index (χ0) is 13.9. The Morgan fingerprint density at radius 2 is 2.11 bits per heavy atom. The van der Waals surface area contributed by atoms with Gasteiger partial charge in [-0.2, -0.15) is 0 Å². The van der Waals surface area contributed by atoms with E-state index in [1.807, 2.05) is 0 Å². The fraction of sp³-hybridized carbons (Fsp3) is 0.647. The lowest BCUT2D eigenvalue weighted by Gasteiger charge is -2.38. The Hall–Kier alpha value is -1.02. The molecule has 1 atom stereocenters. The van der Waals surface area contributed by atoms with Crippen molar-refractivity contribution in [3.8, 4) is 5.75 Å². The molecule has 0 aliphatic carbocycles. The summed E-state index contributed by atoms with van der Waals surface area (Å²) in [7, 11) is 0. The van der Waals surface area contributed by atoms with Crippen LogP contribution in [0.3, 0.4) is 0 Å². The molecule has 0 bridgehead atoms. The van der Waals surface area contributed by atoms with Gasteiger partial charge in [-0.3, -0.25) is 0 Å². The number of rotatable bonds is 5. The van der Waals surface area contributed by atoms with E-state index in [0.29, 0.717) is 6.04 Å². The molecule has 0 spiro atoms. The van der Waals surface area contributed by atoms with Gasteiger partial charge in [-0.15, -0.1) is 0 Å². The molecule has 1 aromatic carbocycles. The average molecular weight is 261 g/mol. The molecule has 2 heteroatoms. The number of ether oxygens (including phenoxy) is 1. The van der Waals surface area contributed by atoms with E-state index >= 15 is 0 Å². The van der Waals surface area contributed by atoms with Gasteiger partial charge in [0.25, 0.3) is 0 Å². The van der Waals surface area contributed by atoms with Gasteiger partial charge in [-0.25, -0.2) is 0 Å². The standard InChI is InChI=1S/C17H27NO/c1-5-7-8-13-9-10-16-14(11-13)15(18-6-2)12-17(3,4)19-16/h9-11,15,18H,5-8,12H2,1-4H3. The second kappa shape index (κ2) is 5.96. The van der Waals surface area contributed by atoms with Crippen molar-refractivity contribution in [2.24, 2.45) is 0 Å². The Kier molecular flexibility index (Phi) is 4.51. The number of hydrogen-bond acceptors (Lipinski definition) is 2. The Balaban J connectivity index is 2.27. The normalized spacial score (nSPS) is 20.7. The van der Waals surface area contributed by atoms with E-state index in [4.69, 9.17) is 4.74 Å². The predicted molar refractivity (Wildman–Crippen MR) is 80.8 cm³/mol. The fourth-order valence-electron chi connectivity index (χ4n) is 2.87. The van der Waals surface area contributed by atoms with Crippen LogP contribution in [0, 0.1) is 0 Å². The lowest BCUT2D eigenvalue weighted by atomic mass is 9.88. The molecule has 0 saturated carbocycles. The van der Waals surface area contributed by atoms with Crippen molar-refractivity contribution in [2.75, 3.05) is 6.54 Å². The maximum Gasteiger partial charge on any atom is 0.124 e. The molecule has 0 amide bonds. The van der Waals surface area contributed by atoms with Crippen LogP contribution in [0.4, 0.5) is 0 Å². The Bertz CT molecular complexity index is 425. The first-order valence-corrected chi connectivity index (χ1v) is 7.61. The summed E-state index contributed by atoms with van der Waals surface area (Å²) in [5.41, 5.74) is 2.70. The van der Waals surface area contributed by atoms with Crippen LogP contribution in [0.1, 0.15) is 64.1 Å². The van der Waals surface area contributed by atoms with Crippen LogP contribution < -0.4 is 10.1 Å². The van der Waals surface area contributed by atoms with Crippen molar-refractivity contribution in [2.45, 2.75) is 65.0 Å². The minimum atomic E-state index is -0.0786. The minimum absolute atomic E-state index is 0.0786. The summed E-state index contributed by atoms with van der Waals surface area (Å²) in [5, 5.41) is 3.60. The smallest absolute Gasteiger partial charge is 0.124 e. The molecule has 2 rings (SSSR count). The highest BCUT2D eigenvalue weighted by molar-refractivity contribution is 5.42. The zero-order valence-corrected chi connectivity index (χ0v) is 12.8. The number of unbranched alkanes of at least 4 members (excludes halogenated alkanes) is 1. The first-order chi connectivity index (χ1) is 9.05. The molecule has 0 fully saturated rings. The maximum absolute atomic E-state index is 6.12. The van der Waals surface area contributed by atoms with E-state index in [2.05, 4.69) is 51.2 Å². The van der Waals surface area contributed by atoms with Crippen LogP contribution in [0.25, 0.3) is 0 Å². The molecule has 1 aliphatic rings. The summed E-state index contributed by atoms with van der Waals surface area (Å²) in [6.45, 7) is 9.75. The predicted octanol–water partition coefficient (Wildman–Crippen LogP) is 4.24. The minimum Gasteiger partial charge on any atom is -0.487 e. The molecule has 1 heterocycles. The highest BCUT2D eigenvalue weighted by atomic mass is 16.5. The van der Waals surface area contributed by atoms with Gasteiger partial charge in [-0.05, 0) is 44.9 Å². The number of hydrogen-bond donors (Lipinski definition) is 1. The van der Waals surface area contributed by atoms with Crippen LogP contribution in [0.5, 0.6) is 5.75 Å². The second-order valence-corrected chi connectivity index (χ2v) is 6.15. The molecule has 1 N–H and O–H groups in total. The number of aryl methyl sites for hydroxylation is 1. The number of benzene rings is 1. The Morgan fingerprint density at radius 1 is 1.32 bits per heavy atom. The highest BCUT2D eigenvalue weighted by Crippen LogP contribution is 2.39. The van der Waals surface area contributed by atoms with Gasteiger partial charge in [0.2, 0.25) is 0 Å². The molecule has 106 valence electrons. The molecule has 1 aromatic rings. The summed E-state index contributed by atoms with van der Waals surface area (Å²) in [5.74, 6) is 1.06. The fourth-order valence-corrected chi connectivity index (χ4v) is 2.87. The van der Waals surface area contributed by atoms with Crippen LogP contribution in [-0.2, 0) is 6.42 Å². The van der Waals surface area contributed by atoms with E-state index in [-0.39, 0.29) is 5.60 Å². The SMILES string of the molecule is CCCCc1ccc2c(c1)C(NCC)CC(C)(C)O2. The topological polar surface area (TPSA) is 21.3 Å². The van der Waals surface area contributed by atoms with Gasteiger partial charge < -0.3 is 10.1 Å². The van der Waals surface area contributed by atoms with Gasteiger partial charge in [0, 0.05) is 18.0 Å². The molecule has 0 radical (unpaired) electrons. The second-order valence-electron chi connectivity index (χ2n) is 6.15. The molecular formula is C17H27NO. The molecule has 0 aromatic heterocycles. The first kappa shape index (κ1) is 14.4. The van der Waals surface area contributed by atoms with Gasteiger partial charge in [0.05, 0.1) is 0 Å². The van der Waals surface area contributed by atoms with Crippen molar-refractivity contribution >= 4 is 0 Å².